The molecular formula is C18H31IN2O3Si. The molecular weight excluding hydrogens is 447 g/mol. The summed E-state index contributed by atoms with van der Waals surface area (Å²) in [5, 5.41) is 3.36. The van der Waals surface area contributed by atoms with Crippen molar-refractivity contribution in [3.63, 3.8) is 0 Å². The van der Waals surface area contributed by atoms with E-state index in [1.54, 1.807) is 12.4 Å². The quantitative estimate of drug-likeness (QED) is 0.232. The zero-order chi connectivity index (χ0) is 19.1. The Labute approximate surface area is 166 Å². The van der Waals surface area contributed by atoms with Crippen molar-refractivity contribution in [3.05, 3.63) is 28.2 Å². The number of hydrogen-bond donors (Lipinski definition) is 1. The summed E-state index contributed by atoms with van der Waals surface area (Å²) < 4.78 is 18.8. The van der Waals surface area contributed by atoms with E-state index in [1.807, 2.05) is 26.1 Å². The Bertz CT molecular complexity index is 570. The molecule has 1 unspecified atom stereocenters. The van der Waals surface area contributed by atoms with Crippen molar-refractivity contribution < 1.29 is 13.9 Å². The molecule has 0 aliphatic heterocycles. The van der Waals surface area contributed by atoms with Crippen molar-refractivity contribution in [3.8, 4) is 11.5 Å². The van der Waals surface area contributed by atoms with E-state index < -0.39 is 8.32 Å². The summed E-state index contributed by atoms with van der Waals surface area (Å²) in [6.45, 7) is 16.2. The van der Waals surface area contributed by atoms with Crippen molar-refractivity contribution in [1.82, 2.24) is 10.3 Å². The third kappa shape index (κ3) is 8.41. The fourth-order valence-electron chi connectivity index (χ4n) is 1.69. The summed E-state index contributed by atoms with van der Waals surface area (Å²) >= 11 is 2.24. The van der Waals surface area contributed by atoms with Gasteiger partial charge < -0.3 is 19.2 Å². The van der Waals surface area contributed by atoms with Gasteiger partial charge in [-0.15, -0.1) is 0 Å². The smallest absolute Gasteiger partial charge is 0.192 e. The van der Waals surface area contributed by atoms with E-state index in [-0.39, 0.29) is 11.3 Å². The van der Waals surface area contributed by atoms with Crippen LogP contribution in [0.2, 0.25) is 18.1 Å². The molecule has 0 amide bonds. The molecule has 0 fully saturated rings. The number of nitrogens with one attached hydrogen (secondary N) is 1. The Morgan fingerprint density at radius 3 is 2.52 bits per heavy atom. The summed E-state index contributed by atoms with van der Waals surface area (Å²) in [7, 11) is -1.73. The van der Waals surface area contributed by atoms with Gasteiger partial charge in [-0.1, -0.05) is 20.8 Å². The molecule has 142 valence electrons. The Morgan fingerprint density at radius 1 is 1.28 bits per heavy atom. The van der Waals surface area contributed by atoms with E-state index in [4.69, 9.17) is 13.9 Å². The van der Waals surface area contributed by atoms with E-state index in [0.29, 0.717) is 24.7 Å². The summed E-state index contributed by atoms with van der Waals surface area (Å²) in [6.07, 6.45) is 5.13. The van der Waals surface area contributed by atoms with Crippen LogP contribution in [0.15, 0.2) is 28.2 Å². The Balaban J connectivity index is 2.47. The number of rotatable bonds is 9. The van der Waals surface area contributed by atoms with Crippen LogP contribution in [0.3, 0.4) is 0 Å². The molecule has 5 nitrogen and oxygen atoms in total. The average Bonchev–Trinajstić information content (AvgIpc) is 2.49. The van der Waals surface area contributed by atoms with Gasteiger partial charge in [0.25, 0.3) is 0 Å². The highest BCUT2D eigenvalue weighted by Crippen LogP contribution is 2.36. The molecule has 0 radical (unpaired) electrons. The van der Waals surface area contributed by atoms with Crippen LogP contribution in [0, 0.1) is 0 Å². The highest BCUT2D eigenvalue weighted by molar-refractivity contribution is 14.1. The number of hydrogen-bond acceptors (Lipinski definition) is 5. The Kier molecular flexibility index (Phi) is 8.69. The maximum Gasteiger partial charge on any atom is 0.192 e. The molecule has 1 atom stereocenters. The van der Waals surface area contributed by atoms with Gasteiger partial charge in [-0.2, -0.15) is 0 Å². The largest absolute Gasteiger partial charge is 0.489 e. The molecule has 0 aliphatic carbocycles. The summed E-state index contributed by atoms with van der Waals surface area (Å²) in [4.78, 5) is 4.17. The zero-order valence-electron chi connectivity index (χ0n) is 16.4. The zero-order valence-corrected chi connectivity index (χ0v) is 19.5. The molecule has 1 N–H and O–H groups in total. The standard InChI is InChI=1S/C18H31IN2O3Si/c1-14(19)11-21-15(2)24-17-10-16(12-20-13-17)22-8-9-23-25(6,7)18(3,4)5/h10-13,15,21H,8-9H2,1-7H3/b14-11+. The van der Waals surface area contributed by atoms with Crippen molar-refractivity contribution in [2.45, 2.75) is 59.0 Å². The predicted molar refractivity (Wildman–Crippen MR) is 114 cm³/mol. The number of ether oxygens (including phenoxy) is 2. The number of allylic oxidation sites excluding steroid dienone is 1. The van der Waals surface area contributed by atoms with Gasteiger partial charge >= 0.3 is 0 Å². The van der Waals surface area contributed by atoms with Crippen LogP contribution in [-0.4, -0.2) is 32.7 Å². The molecule has 0 aliphatic rings. The van der Waals surface area contributed by atoms with Crippen LogP contribution in [-0.2, 0) is 4.43 Å². The normalized spacial score (nSPS) is 14.2. The first-order chi connectivity index (χ1) is 11.5. The third-order valence-corrected chi connectivity index (χ3v) is 8.99. The van der Waals surface area contributed by atoms with Crippen LogP contribution >= 0.6 is 22.6 Å². The van der Waals surface area contributed by atoms with E-state index in [9.17, 15) is 0 Å². The topological polar surface area (TPSA) is 52.6 Å². The molecule has 0 saturated carbocycles. The lowest BCUT2D eigenvalue weighted by atomic mass is 10.2. The molecule has 0 aromatic carbocycles. The van der Waals surface area contributed by atoms with Crippen molar-refractivity contribution in [2.75, 3.05) is 13.2 Å². The molecule has 1 aromatic rings. The molecule has 25 heavy (non-hydrogen) atoms. The minimum Gasteiger partial charge on any atom is -0.489 e. The van der Waals surface area contributed by atoms with Gasteiger partial charge in [0.15, 0.2) is 14.5 Å². The van der Waals surface area contributed by atoms with Crippen LogP contribution < -0.4 is 14.8 Å². The molecule has 0 bridgehead atoms. The van der Waals surface area contributed by atoms with E-state index in [2.05, 4.69) is 66.8 Å². The van der Waals surface area contributed by atoms with E-state index in [1.165, 1.54) is 0 Å². The monoisotopic (exact) mass is 478 g/mol. The van der Waals surface area contributed by atoms with E-state index >= 15 is 0 Å². The minimum atomic E-state index is -1.73. The van der Waals surface area contributed by atoms with Gasteiger partial charge in [-0.25, -0.2) is 0 Å². The first-order valence-electron chi connectivity index (χ1n) is 8.48. The molecule has 0 saturated heterocycles. The van der Waals surface area contributed by atoms with Gasteiger partial charge in [-0.05, 0) is 54.6 Å². The summed E-state index contributed by atoms with van der Waals surface area (Å²) in [5.74, 6) is 1.35. The third-order valence-electron chi connectivity index (χ3n) is 4.14. The second-order valence-electron chi connectivity index (χ2n) is 7.47. The first kappa shape index (κ1) is 22.2. The molecule has 7 heteroatoms. The maximum atomic E-state index is 6.11. The average molecular weight is 478 g/mol. The highest BCUT2D eigenvalue weighted by atomic mass is 127. The van der Waals surface area contributed by atoms with Crippen LogP contribution in [0.25, 0.3) is 0 Å². The van der Waals surface area contributed by atoms with Crippen LogP contribution in [0.5, 0.6) is 11.5 Å². The van der Waals surface area contributed by atoms with Gasteiger partial charge in [0.05, 0.1) is 19.0 Å². The van der Waals surface area contributed by atoms with Crippen molar-refractivity contribution in [2.24, 2.45) is 0 Å². The fraction of sp³-hybridized carbons (Fsp3) is 0.611. The molecule has 0 spiro atoms. The predicted octanol–water partition coefficient (Wildman–Crippen LogP) is 5.09. The number of nitrogens with zero attached hydrogens (tertiary/aromatic N) is 1. The lowest BCUT2D eigenvalue weighted by Crippen LogP contribution is -2.41. The Morgan fingerprint density at radius 2 is 1.92 bits per heavy atom. The van der Waals surface area contributed by atoms with Crippen LogP contribution in [0.1, 0.15) is 34.6 Å². The van der Waals surface area contributed by atoms with E-state index in [0.717, 1.165) is 3.58 Å². The van der Waals surface area contributed by atoms with Gasteiger partial charge in [0.2, 0.25) is 0 Å². The number of pyridine rings is 1. The highest BCUT2D eigenvalue weighted by Gasteiger charge is 2.36. The lowest BCUT2D eigenvalue weighted by molar-refractivity contribution is 0.192. The minimum absolute atomic E-state index is 0.149. The second kappa shape index (κ2) is 9.77. The second-order valence-corrected chi connectivity index (χ2v) is 14.0. The van der Waals surface area contributed by atoms with Gasteiger partial charge in [0.1, 0.15) is 18.1 Å². The summed E-state index contributed by atoms with van der Waals surface area (Å²) in [5.41, 5.74) is 0. The first-order valence-corrected chi connectivity index (χ1v) is 12.5. The molecule has 1 aromatic heterocycles. The van der Waals surface area contributed by atoms with Crippen LogP contribution in [0.4, 0.5) is 0 Å². The van der Waals surface area contributed by atoms with Crippen molar-refractivity contribution in [1.29, 1.82) is 0 Å². The SMILES string of the molecule is C/C(I)=C\NC(C)Oc1cncc(OCCO[Si](C)(C)C(C)(C)C)c1. The molecule has 1 heterocycles. The van der Waals surface area contributed by atoms with Gasteiger partial charge in [0, 0.05) is 15.8 Å². The van der Waals surface area contributed by atoms with Crippen molar-refractivity contribution >= 4 is 30.9 Å². The van der Waals surface area contributed by atoms with Gasteiger partial charge in [-0.3, -0.25) is 4.98 Å². The number of halogens is 1. The lowest BCUT2D eigenvalue weighted by Gasteiger charge is -2.36. The molecule has 1 rings (SSSR count). The summed E-state index contributed by atoms with van der Waals surface area (Å²) in [6, 6.07) is 1.85. The fourth-order valence-corrected chi connectivity index (χ4v) is 2.89. The number of aromatic nitrogens is 1. The Hall–Kier alpha value is -0.803. The maximum absolute atomic E-state index is 6.11.